The number of amides is 1. The van der Waals surface area contributed by atoms with Crippen molar-refractivity contribution in [2.24, 2.45) is 0 Å². The van der Waals surface area contributed by atoms with Gasteiger partial charge in [-0.1, -0.05) is 18.2 Å². The van der Waals surface area contributed by atoms with Crippen LogP contribution in [0.2, 0.25) is 0 Å². The monoisotopic (exact) mass is 329 g/mol. The average Bonchev–Trinajstić information content (AvgIpc) is 3.10. The van der Waals surface area contributed by atoms with Gasteiger partial charge in [-0.3, -0.25) is 0 Å². The van der Waals surface area contributed by atoms with Crippen molar-refractivity contribution in [2.75, 3.05) is 19.7 Å². The minimum atomic E-state index is -0.207. The number of likely N-dealkylation sites (tertiary alicyclic amines) is 1. The second-order valence-corrected chi connectivity index (χ2v) is 5.80. The molecular formula is C17H23N5O2. The van der Waals surface area contributed by atoms with E-state index < -0.39 is 0 Å². The van der Waals surface area contributed by atoms with Crippen LogP contribution in [0.15, 0.2) is 36.5 Å². The highest BCUT2D eigenvalue weighted by Gasteiger charge is 2.23. The molecule has 1 aromatic heterocycles. The van der Waals surface area contributed by atoms with E-state index in [1.165, 1.54) is 0 Å². The van der Waals surface area contributed by atoms with Crippen LogP contribution in [-0.4, -0.2) is 51.7 Å². The standard InChI is InChI=1S/C17H23N5O2/c1-2-24-17(23)21-10-8-14(9-11-21)18-12-15-13-19-22(20-15)16-6-4-3-5-7-16/h3-7,13-14,18H,2,8-12H2,1H3. The second kappa shape index (κ2) is 7.92. The summed E-state index contributed by atoms with van der Waals surface area (Å²) in [5.41, 5.74) is 1.86. The second-order valence-electron chi connectivity index (χ2n) is 5.80. The Morgan fingerprint density at radius 3 is 2.75 bits per heavy atom. The van der Waals surface area contributed by atoms with Crippen LogP contribution in [0.1, 0.15) is 25.5 Å². The topological polar surface area (TPSA) is 72.3 Å². The maximum Gasteiger partial charge on any atom is 0.409 e. The molecule has 1 aliphatic heterocycles. The summed E-state index contributed by atoms with van der Waals surface area (Å²) in [5, 5.41) is 12.3. The number of piperidine rings is 1. The Labute approximate surface area is 141 Å². The summed E-state index contributed by atoms with van der Waals surface area (Å²) >= 11 is 0. The molecule has 1 N–H and O–H groups in total. The number of aromatic nitrogens is 3. The van der Waals surface area contributed by atoms with Gasteiger partial charge in [-0.05, 0) is 31.9 Å². The summed E-state index contributed by atoms with van der Waals surface area (Å²) in [6.07, 6.45) is 3.42. The largest absolute Gasteiger partial charge is 0.450 e. The number of hydrogen-bond donors (Lipinski definition) is 1. The van der Waals surface area contributed by atoms with E-state index >= 15 is 0 Å². The molecule has 1 aliphatic rings. The van der Waals surface area contributed by atoms with Crippen LogP contribution in [0.4, 0.5) is 4.79 Å². The van der Waals surface area contributed by atoms with E-state index in [4.69, 9.17) is 4.74 Å². The van der Waals surface area contributed by atoms with Crippen molar-refractivity contribution < 1.29 is 9.53 Å². The van der Waals surface area contributed by atoms with Gasteiger partial charge in [-0.25, -0.2) is 4.79 Å². The van der Waals surface area contributed by atoms with Gasteiger partial charge in [-0.2, -0.15) is 15.0 Å². The predicted molar refractivity (Wildman–Crippen MR) is 89.8 cm³/mol. The highest BCUT2D eigenvalue weighted by Crippen LogP contribution is 2.12. The Hall–Kier alpha value is -2.41. The molecule has 2 heterocycles. The van der Waals surface area contributed by atoms with Crippen molar-refractivity contribution >= 4 is 6.09 Å². The molecule has 128 valence electrons. The van der Waals surface area contributed by atoms with Gasteiger partial charge in [0, 0.05) is 25.7 Å². The average molecular weight is 329 g/mol. The number of carbonyl (C=O) groups is 1. The first-order valence-electron chi connectivity index (χ1n) is 8.38. The number of nitrogens with zero attached hydrogens (tertiary/aromatic N) is 4. The zero-order valence-corrected chi connectivity index (χ0v) is 13.9. The minimum Gasteiger partial charge on any atom is -0.450 e. The first-order valence-corrected chi connectivity index (χ1v) is 8.38. The zero-order valence-electron chi connectivity index (χ0n) is 13.9. The molecule has 1 fully saturated rings. The molecule has 3 rings (SSSR count). The quantitative estimate of drug-likeness (QED) is 0.908. The van der Waals surface area contributed by atoms with E-state index in [-0.39, 0.29) is 6.09 Å². The SMILES string of the molecule is CCOC(=O)N1CCC(NCc2cnn(-c3ccccc3)n2)CC1. The number of nitrogens with one attached hydrogen (secondary N) is 1. The van der Waals surface area contributed by atoms with Crippen LogP contribution in [0.3, 0.4) is 0 Å². The van der Waals surface area contributed by atoms with Crippen molar-refractivity contribution in [1.29, 1.82) is 0 Å². The van der Waals surface area contributed by atoms with E-state index in [1.54, 1.807) is 15.9 Å². The molecule has 0 radical (unpaired) electrons. The van der Waals surface area contributed by atoms with Crippen molar-refractivity contribution in [2.45, 2.75) is 32.4 Å². The normalized spacial score (nSPS) is 15.5. The van der Waals surface area contributed by atoms with E-state index in [2.05, 4.69) is 15.5 Å². The molecule has 7 heteroatoms. The van der Waals surface area contributed by atoms with Gasteiger partial charge >= 0.3 is 6.09 Å². The van der Waals surface area contributed by atoms with Crippen LogP contribution < -0.4 is 5.32 Å². The number of benzene rings is 1. The van der Waals surface area contributed by atoms with Crippen molar-refractivity contribution in [3.05, 3.63) is 42.2 Å². The lowest BCUT2D eigenvalue weighted by atomic mass is 10.1. The van der Waals surface area contributed by atoms with Crippen molar-refractivity contribution in [1.82, 2.24) is 25.2 Å². The molecule has 2 aromatic rings. The van der Waals surface area contributed by atoms with Gasteiger partial charge in [0.25, 0.3) is 0 Å². The number of ether oxygens (including phenoxy) is 1. The Bertz CT molecular complexity index is 650. The van der Waals surface area contributed by atoms with Crippen LogP contribution in [-0.2, 0) is 11.3 Å². The molecule has 0 spiro atoms. The third-order valence-electron chi connectivity index (χ3n) is 4.12. The molecule has 1 aromatic carbocycles. The zero-order chi connectivity index (χ0) is 16.8. The van der Waals surface area contributed by atoms with Crippen molar-refractivity contribution in [3.63, 3.8) is 0 Å². The van der Waals surface area contributed by atoms with Gasteiger partial charge in [0.1, 0.15) is 0 Å². The lowest BCUT2D eigenvalue weighted by Gasteiger charge is -2.31. The molecule has 0 aliphatic carbocycles. The molecule has 24 heavy (non-hydrogen) atoms. The lowest BCUT2D eigenvalue weighted by molar-refractivity contribution is 0.0949. The summed E-state index contributed by atoms with van der Waals surface area (Å²) < 4.78 is 5.04. The van der Waals surface area contributed by atoms with Crippen LogP contribution in [0.25, 0.3) is 5.69 Å². The van der Waals surface area contributed by atoms with E-state index in [0.717, 1.165) is 37.3 Å². The molecule has 0 bridgehead atoms. The number of carbonyl (C=O) groups excluding carboxylic acids is 1. The first-order chi connectivity index (χ1) is 11.8. The predicted octanol–water partition coefficient (Wildman–Crippen LogP) is 1.98. The highest BCUT2D eigenvalue weighted by atomic mass is 16.6. The summed E-state index contributed by atoms with van der Waals surface area (Å²) in [6.45, 7) is 4.39. The smallest absolute Gasteiger partial charge is 0.409 e. The summed E-state index contributed by atoms with van der Waals surface area (Å²) in [4.78, 5) is 15.1. The Balaban J connectivity index is 1.46. The fraction of sp³-hybridized carbons (Fsp3) is 0.471. The molecular weight excluding hydrogens is 306 g/mol. The molecule has 0 atom stereocenters. The van der Waals surface area contributed by atoms with Crippen molar-refractivity contribution in [3.8, 4) is 5.69 Å². The summed E-state index contributed by atoms with van der Waals surface area (Å²) in [5.74, 6) is 0. The number of rotatable bonds is 5. The lowest BCUT2D eigenvalue weighted by Crippen LogP contribution is -2.44. The molecule has 7 nitrogen and oxygen atoms in total. The van der Waals surface area contributed by atoms with E-state index in [1.807, 2.05) is 37.3 Å². The molecule has 1 amide bonds. The number of para-hydroxylation sites is 1. The maximum absolute atomic E-state index is 11.7. The van der Waals surface area contributed by atoms with E-state index in [0.29, 0.717) is 19.2 Å². The van der Waals surface area contributed by atoms with Gasteiger partial charge in [0.05, 0.1) is 24.2 Å². The number of hydrogen-bond acceptors (Lipinski definition) is 5. The molecule has 0 saturated carbocycles. The fourth-order valence-corrected chi connectivity index (χ4v) is 2.79. The minimum absolute atomic E-state index is 0.207. The van der Waals surface area contributed by atoms with Gasteiger partial charge in [0.2, 0.25) is 0 Å². The van der Waals surface area contributed by atoms with Gasteiger partial charge < -0.3 is 15.0 Å². The first kappa shape index (κ1) is 16.4. The van der Waals surface area contributed by atoms with Crippen LogP contribution in [0.5, 0.6) is 0 Å². The van der Waals surface area contributed by atoms with Gasteiger partial charge in [-0.15, -0.1) is 0 Å². The third kappa shape index (κ3) is 4.11. The molecule has 1 saturated heterocycles. The molecule has 0 unspecified atom stereocenters. The van der Waals surface area contributed by atoms with E-state index in [9.17, 15) is 4.79 Å². The van der Waals surface area contributed by atoms with Gasteiger partial charge in [0.15, 0.2) is 0 Å². The summed E-state index contributed by atoms with van der Waals surface area (Å²) in [7, 11) is 0. The summed E-state index contributed by atoms with van der Waals surface area (Å²) in [6, 6.07) is 10.2. The maximum atomic E-state index is 11.7. The Morgan fingerprint density at radius 2 is 2.04 bits per heavy atom. The van der Waals surface area contributed by atoms with Crippen LogP contribution in [0, 0.1) is 0 Å². The Kier molecular flexibility index (Phi) is 5.43. The third-order valence-corrected chi connectivity index (χ3v) is 4.12. The Morgan fingerprint density at radius 1 is 1.29 bits per heavy atom. The van der Waals surface area contributed by atoms with Crippen LogP contribution >= 0.6 is 0 Å². The highest BCUT2D eigenvalue weighted by molar-refractivity contribution is 5.67. The fourth-order valence-electron chi connectivity index (χ4n) is 2.79.